The van der Waals surface area contributed by atoms with Crippen LogP contribution in [0.5, 0.6) is 0 Å². The summed E-state index contributed by atoms with van der Waals surface area (Å²) in [6, 6.07) is 15.3. The third-order valence-electron chi connectivity index (χ3n) is 3.18. The molecule has 0 radical (unpaired) electrons. The lowest BCUT2D eigenvalue weighted by Crippen LogP contribution is -2.14. The first-order chi connectivity index (χ1) is 11.6. The predicted molar refractivity (Wildman–Crippen MR) is 97.4 cm³/mol. The van der Waals surface area contributed by atoms with Crippen molar-refractivity contribution >= 4 is 39.3 Å². The summed E-state index contributed by atoms with van der Waals surface area (Å²) in [6.07, 6.45) is 0. The molecule has 0 aliphatic heterocycles. The summed E-state index contributed by atoms with van der Waals surface area (Å²) in [5, 5.41) is 15.1. The Balaban J connectivity index is 1.63. The number of hydrogen-bond donors (Lipinski definition) is 1. The molecule has 0 spiro atoms. The molecule has 2 aromatic carbocycles. The van der Waals surface area contributed by atoms with Crippen LogP contribution in [0, 0.1) is 6.92 Å². The average molecular weight is 404 g/mol. The Bertz CT molecular complexity index is 832. The van der Waals surface area contributed by atoms with Gasteiger partial charge in [-0.3, -0.25) is 4.79 Å². The van der Waals surface area contributed by atoms with Gasteiger partial charge >= 0.3 is 0 Å². The van der Waals surface area contributed by atoms with E-state index in [1.807, 2.05) is 55.5 Å². The van der Waals surface area contributed by atoms with E-state index in [2.05, 4.69) is 36.8 Å². The zero-order valence-electron chi connectivity index (χ0n) is 12.8. The maximum Gasteiger partial charge on any atom is 0.234 e. The summed E-state index contributed by atoms with van der Waals surface area (Å²) in [4.78, 5) is 12.1. The highest BCUT2D eigenvalue weighted by molar-refractivity contribution is 9.10. The molecule has 122 valence electrons. The Morgan fingerprint density at radius 2 is 1.88 bits per heavy atom. The van der Waals surface area contributed by atoms with Crippen LogP contribution in [-0.4, -0.2) is 31.9 Å². The monoisotopic (exact) mass is 403 g/mol. The number of nitrogens with zero attached hydrogens (tertiary/aromatic N) is 4. The zero-order chi connectivity index (χ0) is 16.9. The maximum absolute atomic E-state index is 12.1. The van der Waals surface area contributed by atoms with E-state index >= 15 is 0 Å². The molecule has 8 heteroatoms. The van der Waals surface area contributed by atoms with Crippen LogP contribution in [0.4, 0.5) is 5.69 Å². The van der Waals surface area contributed by atoms with Crippen molar-refractivity contribution in [3.8, 4) is 5.69 Å². The molecule has 0 aliphatic rings. The number of nitrogens with one attached hydrogen (secondary N) is 1. The van der Waals surface area contributed by atoms with Crippen LogP contribution in [0.2, 0.25) is 0 Å². The van der Waals surface area contributed by atoms with E-state index in [-0.39, 0.29) is 11.7 Å². The van der Waals surface area contributed by atoms with Gasteiger partial charge in [0.05, 0.1) is 11.4 Å². The van der Waals surface area contributed by atoms with Gasteiger partial charge in [-0.2, -0.15) is 4.68 Å². The molecule has 1 N–H and O–H groups in total. The van der Waals surface area contributed by atoms with Crippen LogP contribution in [0.3, 0.4) is 0 Å². The highest BCUT2D eigenvalue weighted by Crippen LogP contribution is 2.19. The van der Waals surface area contributed by atoms with E-state index in [1.165, 1.54) is 11.8 Å². The van der Waals surface area contributed by atoms with Gasteiger partial charge in [-0.1, -0.05) is 45.4 Å². The van der Waals surface area contributed by atoms with E-state index in [9.17, 15) is 4.79 Å². The van der Waals surface area contributed by atoms with E-state index in [0.717, 1.165) is 21.4 Å². The number of hydrogen-bond acceptors (Lipinski definition) is 5. The Morgan fingerprint density at radius 1 is 1.17 bits per heavy atom. The summed E-state index contributed by atoms with van der Waals surface area (Å²) >= 11 is 4.65. The predicted octanol–water partition coefficient (Wildman–Crippen LogP) is 3.46. The van der Waals surface area contributed by atoms with Crippen molar-refractivity contribution in [1.29, 1.82) is 0 Å². The largest absolute Gasteiger partial charge is 0.325 e. The van der Waals surface area contributed by atoms with Crippen molar-refractivity contribution < 1.29 is 4.79 Å². The number of carbonyl (C=O) groups is 1. The van der Waals surface area contributed by atoms with Crippen molar-refractivity contribution in [2.45, 2.75) is 12.1 Å². The van der Waals surface area contributed by atoms with Gasteiger partial charge in [0.15, 0.2) is 0 Å². The molecule has 6 nitrogen and oxygen atoms in total. The quantitative estimate of drug-likeness (QED) is 0.660. The smallest absolute Gasteiger partial charge is 0.234 e. The molecule has 0 saturated carbocycles. The lowest BCUT2D eigenvalue weighted by atomic mass is 10.2. The van der Waals surface area contributed by atoms with Crippen LogP contribution < -0.4 is 5.32 Å². The minimum Gasteiger partial charge on any atom is -0.325 e. The van der Waals surface area contributed by atoms with Crippen LogP contribution in [0.25, 0.3) is 5.69 Å². The third kappa shape index (κ3) is 4.21. The maximum atomic E-state index is 12.1. The van der Waals surface area contributed by atoms with Crippen LogP contribution in [0.15, 0.2) is 58.2 Å². The molecular formula is C16H14BrN5OS. The molecule has 0 aliphatic carbocycles. The average Bonchev–Trinajstić information content (AvgIpc) is 3.04. The lowest BCUT2D eigenvalue weighted by molar-refractivity contribution is -0.113. The number of thioether (sulfide) groups is 1. The van der Waals surface area contributed by atoms with Gasteiger partial charge < -0.3 is 5.32 Å². The highest BCUT2D eigenvalue weighted by Gasteiger charge is 2.11. The number of carbonyl (C=O) groups excluding carboxylic acids is 1. The van der Waals surface area contributed by atoms with Crippen molar-refractivity contribution in [2.24, 2.45) is 0 Å². The molecule has 1 aromatic heterocycles. The van der Waals surface area contributed by atoms with Gasteiger partial charge in [-0.15, -0.1) is 5.10 Å². The van der Waals surface area contributed by atoms with Crippen molar-refractivity contribution in [1.82, 2.24) is 20.2 Å². The molecule has 3 aromatic rings. The van der Waals surface area contributed by atoms with E-state index in [0.29, 0.717) is 5.16 Å². The fourth-order valence-electron chi connectivity index (χ4n) is 1.98. The lowest BCUT2D eigenvalue weighted by Gasteiger charge is -2.06. The number of aryl methyl sites for hydroxylation is 1. The second-order valence-electron chi connectivity index (χ2n) is 5.05. The fraction of sp³-hybridized carbons (Fsp3) is 0.125. The van der Waals surface area contributed by atoms with Crippen molar-refractivity contribution in [2.75, 3.05) is 11.1 Å². The van der Waals surface area contributed by atoms with Gasteiger partial charge in [0, 0.05) is 10.2 Å². The number of benzene rings is 2. The zero-order valence-corrected chi connectivity index (χ0v) is 15.2. The number of aromatic nitrogens is 4. The molecule has 0 bridgehead atoms. The molecular weight excluding hydrogens is 390 g/mol. The van der Waals surface area contributed by atoms with Gasteiger partial charge in [-0.25, -0.2) is 0 Å². The fourth-order valence-corrected chi connectivity index (χ4v) is 2.93. The molecule has 3 rings (SSSR count). The van der Waals surface area contributed by atoms with E-state index in [1.54, 1.807) is 4.68 Å². The first-order valence-corrected chi connectivity index (χ1v) is 8.93. The Kier molecular flexibility index (Phi) is 5.27. The number of halogens is 1. The van der Waals surface area contributed by atoms with Gasteiger partial charge in [0.2, 0.25) is 11.1 Å². The Morgan fingerprint density at radius 3 is 2.58 bits per heavy atom. The van der Waals surface area contributed by atoms with Crippen LogP contribution >= 0.6 is 27.7 Å². The minimum atomic E-state index is -0.110. The summed E-state index contributed by atoms with van der Waals surface area (Å²) < 4.78 is 2.59. The minimum absolute atomic E-state index is 0.110. The Labute approximate surface area is 151 Å². The molecule has 0 fully saturated rings. The third-order valence-corrected chi connectivity index (χ3v) is 4.63. The number of tetrazole rings is 1. The molecule has 1 amide bonds. The topological polar surface area (TPSA) is 72.7 Å². The SMILES string of the molecule is Cc1ccc(-n2nnnc2SCC(=O)Nc2ccc(Br)cc2)cc1. The van der Waals surface area contributed by atoms with Crippen molar-refractivity contribution in [3.63, 3.8) is 0 Å². The standard InChI is InChI=1S/C16H14BrN5OS/c1-11-2-8-14(9-3-11)22-16(19-20-21-22)24-10-15(23)18-13-6-4-12(17)5-7-13/h2-9H,10H2,1H3,(H,18,23). The summed E-state index contributed by atoms with van der Waals surface area (Å²) in [6.45, 7) is 2.02. The second kappa shape index (κ2) is 7.59. The number of rotatable bonds is 5. The van der Waals surface area contributed by atoms with Gasteiger partial charge in [-0.05, 0) is 53.7 Å². The van der Waals surface area contributed by atoms with Crippen LogP contribution in [-0.2, 0) is 4.79 Å². The molecule has 24 heavy (non-hydrogen) atoms. The number of anilines is 1. The Hall–Kier alpha value is -2.19. The highest BCUT2D eigenvalue weighted by atomic mass is 79.9. The van der Waals surface area contributed by atoms with Crippen LogP contribution in [0.1, 0.15) is 5.56 Å². The van der Waals surface area contributed by atoms with Crippen molar-refractivity contribution in [3.05, 3.63) is 58.6 Å². The summed E-state index contributed by atoms with van der Waals surface area (Å²) in [7, 11) is 0. The van der Waals surface area contributed by atoms with Gasteiger partial charge in [0.1, 0.15) is 0 Å². The first-order valence-electron chi connectivity index (χ1n) is 7.15. The normalized spacial score (nSPS) is 10.6. The van der Waals surface area contributed by atoms with E-state index in [4.69, 9.17) is 0 Å². The second-order valence-corrected chi connectivity index (χ2v) is 6.91. The van der Waals surface area contributed by atoms with E-state index < -0.39 is 0 Å². The molecule has 0 unspecified atom stereocenters. The summed E-state index contributed by atoms with van der Waals surface area (Å²) in [5.74, 6) is 0.114. The first kappa shape index (κ1) is 16.7. The summed E-state index contributed by atoms with van der Waals surface area (Å²) in [5.41, 5.74) is 2.78. The molecule has 0 atom stereocenters. The number of amides is 1. The molecule has 0 saturated heterocycles. The van der Waals surface area contributed by atoms with Gasteiger partial charge in [0.25, 0.3) is 0 Å². The molecule has 1 heterocycles.